The van der Waals surface area contributed by atoms with E-state index < -0.39 is 24.0 Å². The number of rotatable bonds is 4. The van der Waals surface area contributed by atoms with E-state index in [1.54, 1.807) is 6.92 Å². The van der Waals surface area contributed by atoms with Gasteiger partial charge in [-0.2, -0.15) is 5.26 Å². The Bertz CT molecular complexity index is 924. The Hall–Kier alpha value is -2.94. The Kier molecular flexibility index (Phi) is 5.41. The minimum Gasteiger partial charge on any atom is -0.452 e. The van der Waals surface area contributed by atoms with Crippen molar-refractivity contribution in [3.8, 4) is 6.07 Å². The molecule has 0 bridgehead atoms. The topological polar surface area (TPSA) is 92.1 Å². The summed E-state index contributed by atoms with van der Waals surface area (Å²) in [6, 6.07) is 9.80. The standard InChI is InChI=1S/C21H23N3O3/c1-14-16-8-4-5-9-17(16)23-15(2)19(14)20(26)27-12-18(25)24-21(13-22)10-6-3-7-11-21/h4-5,8-9H,3,6-7,10-12H2,1-2H3,(H,24,25). The maximum absolute atomic E-state index is 12.6. The summed E-state index contributed by atoms with van der Waals surface area (Å²) in [5, 5.41) is 13.1. The van der Waals surface area contributed by atoms with Crippen molar-refractivity contribution in [2.24, 2.45) is 0 Å². The number of carbonyl (C=O) groups excluding carboxylic acids is 2. The fourth-order valence-corrected chi connectivity index (χ4v) is 3.76. The van der Waals surface area contributed by atoms with Crippen LogP contribution in [-0.2, 0) is 9.53 Å². The summed E-state index contributed by atoms with van der Waals surface area (Å²) < 4.78 is 5.23. The SMILES string of the molecule is Cc1nc2ccccc2c(C)c1C(=O)OCC(=O)NC1(C#N)CCCCC1. The van der Waals surface area contributed by atoms with E-state index in [1.807, 2.05) is 31.2 Å². The molecule has 0 radical (unpaired) electrons. The molecule has 1 aromatic carbocycles. The zero-order valence-corrected chi connectivity index (χ0v) is 15.7. The van der Waals surface area contributed by atoms with Gasteiger partial charge in [0.15, 0.2) is 6.61 Å². The summed E-state index contributed by atoms with van der Waals surface area (Å²) in [4.78, 5) is 29.3. The zero-order chi connectivity index (χ0) is 19.4. The predicted octanol–water partition coefficient (Wildman–Crippen LogP) is 3.35. The summed E-state index contributed by atoms with van der Waals surface area (Å²) in [6.45, 7) is 3.19. The van der Waals surface area contributed by atoms with Crippen LogP contribution < -0.4 is 5.32 Å². The van der Waals surface area contributed by atoms with E-state index in [9.17, 15) is 14.9 Å². The van der Waals surface area contributed by atoms with Gasteiger partial charge in [0.2, 0.25) is 0 Å². The molecule has 1 aromatic heterocycles. The van der Waals surface area contributed by atoms with Crippen molar-refractivity contribution in [1.82, 2.24) is 10.3 Å². The third-order valence-corrected chi connectivity index (χ3v) is 5.17. The van der Waals surface area contributed by atoms with Crippen LogP contribution in [0.5, 0.6) is 0 Å². The molecule has 0 spiro atoms. The number of benzene rings is 1. The summed E-state index contributed by atoms with van der Waals surface area (Å²) >= 11 is 0. The second-order valence-electron chi connectivity index (χ2n) is 7.09. The van der Waals surface area contributed by atoms with Gasteiger partial charge in [0.25, 0.3) is 5.91 Å². The number of aromatic nitrogens is 1. The highest BCUT2D eigenvalue weighted by Gasteiger charge is 2.33. The normalized spacial score (nSPS) is 15.7. The van der Waals surface area contributed by atoms with Crippen LogP contribution in [0.15, 0.2) is 24.3 Å². The molecule has 1 amide bonds. The second kappa shape index (κ2) is 7.75. The maximum atomic E-state index is 12.6. The van der Waals surface area contributed by atoms with Crippen LogP contribution in [0.4, 0.5) is 0 Å². The fraction of sp³-hybridized carbons (Fsp3) is 0.429. The van der Waals surface area contributed by atoms with E-state index in [0.29, 0.717) is 24.1 Å². The number of ether oxygens (including phenoxy) is 1. The fourth-order valence-electron chi connectivity index (χ4n) is 3.76. The number of amides is 1. The van der Waals surface area contributed by atoms with Crippen molar-refractivity contribution in [2.45, 2.75) is 51.5 Å². The number of nitrogens with one attached hydrogen (secondary N) is 1. The van der Waals surface area contributed by atoms with Crippen LogP contribution >= 0.6 is 0 Å². The Morgan fingerprint density at radius 2 is 1.93 bits per heavy atom. The number of nitriles is 1. The number of hydrogen-bond donors (Lipinski definition) is 1. The summed E-state index contributed by atoms with van der Waals surface area (Å²) in [5.41, 5.74) is 1.71. The monoisotopic (exact) mass is 365 g/mol. The minimum absolute atomic E-state index is 0.383. The quantitative estimate of drug-likeness (QED) is 0.839. The molecule has 0 saturated heterocycles. The Balaban J connectivity index is 1.70. The van der Waals surface area contributed by atoms with Crippen LogP contribution in [0, 0.1) is 25.2 Å². The van der Waals surface area contributed by atoms with Gasteiger partial charge in [-0.05, 0) is 38.3 Å². The van der Waals surface area contributed by atoms with Gasteiger partial charge < -0.3 is 10.1 Å². The van der Waals surface area contributed by atoms with E-state index in [2.05, 4.69) is 16.4 Å². The largest absolute Gasteiger partial charge is 0.452 e. The van der Waals surface area contributed by atoms with Gasteiger partial charge in [0, 0.05) is 5.39 Å². The van der Waals surface area contributed by atoms with Gasteiger partial charge in [-0.1, -0.05) is 37.5 Å². The highest BCUT2D eigenvalue weighted by Crippen LogP contribution is 2.27. The van der Waals surface area contributed by atoms with Gasteiger partial charge in [-0.15, -0.1) is 0 Å². The number of para-hydroxylation sites is 1. The molecule has 0 atom stereocenters. The van der Waals surface area contributed by atoms with E-state index in [4.69, 9.17) is 4.74 Å². The van der Waals surface area contributed by atoms with Gasteiger partial charge in [-0.3, -0.25) is 9.78 Å². The number of carbonyl (C=O) groups is 2. The van der Waals surface area contributed by atoms with Crippen molar-refractivity contribution in [2.75, 3.05) is 6.61 Å². The third kappa shape index (κ3) is 3.92. The number of esters is 1. The summed E-state index contributed by atoms with van der Waals surface area (Å²) in [7, 11) is 0. The second-order valence-corrected chi connectivity index (χ2v) is 7.09. The number of fused-ring (bicyclic) bond motifs is 1. The Morgan fingerprint density at radius 3 is 2.63 bits per heavy atom. The van der Waals surface area contributed by atoms with Crippen LogP contribution in [0.25, 0.3) is 10.9 Å². The molecule has 27 heavy (non-hydrogen) atoms. The number of aryl methyl sites for hydroxylation is 2. The molecular formula is C21H23N3O3. The lowest BCUT2D eigenvalue weighted by Gasteiger charge is -2.31. The predicted molar refractivity (Wildman–Crippen MR) is 101 cm³/mol. The molecule has 1 aliphatic carbocycles. The van der Waals surface area contributed by atoms with Gasteiger partial charge >= 0.3 is 5.97 Å². The van der Waals surface area contributed by atoms with E-state index in [-0.39, 0.29) is 0 Å². The molecule has 1 heterocycles. The molecule has 0 unspecified atom stereocenters. The average Bonchev–Trinajstić information content (AvgIpc) is 2.67. The molecule has 1 fully saturated rings. The third-order valence-electron chi connectivity index (χ3n) is 5.17. The van der Waals surface area contributed by atoms with Crippen LogP contribution in [0.1, 0.15) is 53.7 Å². The smallest absolute Gasteiger partial charge is 0.340 e. The van der Waals surface area contributed by atoms with Crippen LogP contribution in [-0.4, -0.2) is 29.0 Å². The molecule has 140 valence electrons. The first-order chi connectivity index (χ1) is 13.0. The van der Waals surface area contributed by atoms with E-state index >= 15 is 0 Å². The number of pyridine rings is 1. The van der Waals surface area contributed by atoms with Gasteiger partial charge in [0.05, 0.1) is 22.8 Å². The molecule has 1 N–H and O–H groups in total. The zero-order valence-electron chi connectivity index (χ0n) is 15.7. The van der Waals surface area contributed by atoms with Crippen molar-refractivity contribution in [3.63, 3.8) is 0 Å². The van der Waals surface area contributed by atoms with Crippen LogP contribution in [0.2, 0.25) is 0 Å². The Morgan fingerprint density at radius 1 is 1.22 bits per heavy atom. The highest BCUT2D eigenvalue weighted by atomic mass is 16.5. The average molecular weight is 365 g/mol. The minimum atomic E-state index is -0.835. The molecule has 6 heteroatoms. The molecular weight excluding hydrogens is 342 g/mol. The van der Waals surface area contributed by atoms with E-state index in [0.717, 1.165) is 35.7 Å². The summed E-state index contributed by atoms with van der Waals surface area (Å²) in [5.74, 6) is -1.02. The molecule has 1 aliphatic rings. The van der Waals surface area contributed by atoms with Crippen molar-refractivity contribution in [3.05, 3.63) is 41.1 Å². The lowest BCUT2D eigenvalue weighted by molar-refractivity contribution is -0.125. The first-order valence-electron chi connectivity index (χ1n) is 9.21. The van der Waals surface area contributed by atoms with Crippen molar-refractivity contribution >= 4 is 22.8 Å². The maximum Gasteiger partial charge on any atom is 0.340 e. The van der Waals surface area contributed by atoms with E-state index in [1.165, 1.54) is 0 Å². The lowest BCUT2D eigenvalue weighted by atomic mass is 9.83. The van der Waals surface area contributed by atoms with Gasteiger partial charge in [0.1, 0.15) is 5.54 Å². The molecule has 0 aliphatic heterocycles. The first-order valence-corrected chi connectivity index (χ1v) is 9.21. The van der Waals surface area contributed by atoms with Crippen molar-refractivity contribution < 1.29 is 14.3 Å². The molecule has 2 aromatic rings. The van der Waals surface area contributed by atoms with Gasteiger partial charge in [-0.25, -0.2) is 4.79 Å². The first kappa shape index (κ1) is 18.8. The molecule has 3 rings (SSSR count). The number of nitrogens with zero attached hydrogens (tertiary/aromatic N) is 2. The number of hydrogen-bond acceptors (Lipinski definition) is 5. The molecule has 6 nitrogen and oxygen atoms in total. The lowest BCUT2D eigenvalue weighted by Crippen LogP contribution is -2.50. The Labute approximate surface area is 158 Å². The molecule has 1 saturated carbocycles. The highest BCUT2D eigenvalue weighted by molar-refractivity contribution is 5.99. The van der Waals surface area contributed by atoms with Crippen molar-refractivity contribution in [1.29, 1.82) is 5.26 Å². The van der Waals surface area contributed by atoms with Crippen LogP contribution in [0.3, 0.4) is 0 Å². The summed E-state index contributed by atoms with van der Waals surface area (Å²) in [6.07, 6.45) is 4.16.